The highest BCUT2D eigenvalue weighted by molar-refractivity contribution is 6.32. The molecule has 2 heterocycles. The number of aromatic nitrogens is 2. The van der Waals surface area contributed by atoms with Gasteiger partial charge in [0.15, 0.2) is 0 Å². The zero-order valence-corrected chi connectivity index (χ0v) is 13.3. The second-order valence-corrected chi connectivity index (χ2v) is 5.85. The molecule has 2 aromatic rings. The Morgan fingerprint density at radius 3 is 3.09 bits per heavy atom. The smallest absolute Gasteiger partial charge is 0.142 e. The summed E-state index contributed by atoms with van der Waals surface area (Å²) in [6.45, 7) is 1.08. The minimum Gasteiger partial charge on any atom is -0.369 e. The number of halogens is 2. The first-order chi connectivity index (χ1) is 11.1. The summed E-state index contributed by atoms with van der Waals surface area (Å²) >= 11 is 6.11. The summed E-state index contributed by atoms with van der Waals surface area (Å²) in [4.78, 5) is 4.34. The van der Waals surface area contributed by atoms with Gasteiger partial charge in [0, 0.05) is 38.6 Å². The molecule has 1 fully saturated rings. The molecular weight excluding hydrogens is 319 g/mol. The van der Waals surface area contributed by atoms with Gasteiger partial charge in [-0.3, -0.25) is 0 Å². The van der Waals surface area contributed by atoms with E-state index in [1.54, 1.807) is 18.3 Å². The van der Waals surface area contributed by atoms with Crippen molar-refractivity contribution in [1.82, 2.24) is 14.9 Å². The molecule has 1 aromatic heterocycles. The highest BCUT2D eigenvalue weighted by Gasteiger charge is 2.32. The molecule has 1 aromatic carbocycles. The van der Waals surface area contributed by atoms with Crippen molar-refractivity contribution >= 4 is 11.6 Å². The van der Waals surface area contributed by atoms with Crippen molar-refractivity contribution < 1.29 is 9.13 Å². The van der Waals surface area contributed by atoms with E-state index in [2.05, 4.69) is 10.3 Å². The molecule has 0 bridgehead atoms. The van der Waals surface area contributed by atoms with Crippen LogP contribution in [0.3, 0.4) is 0 Å². The summed E-state index contributed by atoms with van der Waals surface area (Å²) in [5.41, 5.74) is 0.574. The Balaban J connectivity index is 1.74. The monoisotopic (exact) mass is 334 g/mol. The highest BCUT2D eigenvalue weighted by atomic mass is 35.5. The average molecular weight is 335 g/mol. The first-order valence-electron chi connectivity index (χ1n) is 7.31. The van der Waals surface area contributed by atoms with Crippen molar-refractivity contribution in [2.45, 2.75) is 25.1 Å². The largest absolute Gasteiger partial charge is 0.369 e. The number of nitrogens with one attached hydrogen (secondary N) is 1. The molecular formula is C16H16ClFN4O. The molecule has 1 N–H and O–H groups in total. The van der Waals surface area contributed by atoms with Gasteiger partial charge in [0.05, 0.1) is 5.02 Å². The molecule has 0 saturated carbocycles. The van der Waals surface area contributed by atoms with Crippen molar-refractivity contribution in [3.8, 4) is 6.07 Å². The first-order valence-corrected chi connectivity index (χ1v) is 7.68. The number of imidazole rings is 1. The number of nitrogens with zero attached hydrogens (tertiary/aromatic N) is 3. The Bertz CT molecular complexity index is 755. The molecule has 3 rings (SSSR count). The molecule has 1 saturated heterocycles. The van der Waals surface area contributed by atoms with Crippen molar-refractivity contribution in [3.05, 3.63) is 52.3 Å². The molecule has 1 aliphatic rings. The van der Waals surface area contributed by atoms with Crippen LogP contribution in [-0.4, -0.2) is 22.2 Å². The van der Waals surface area contributed by atoms with Crippen LogP contribution < -0.4 is 5.32 Å². The predicted octanol–water partition coefficient (Wildman–Crippen LogP) is 2.70. The maximum Gasteiger partial charge on any atom is 0.142 e. The van der Waals surface area contributed by atoms with Crippen LogP contribution in [0.15, 0.2) is 24.5 Å². The van der Waals surface area contributed by atoms with Crippen molar-refractivity contribution in [1.29, 1.82) is 5.26 Å². The normalized spacial score (nSPS) is 20.6. The maximum atomic E-state index is 13.5. The van der Waals surface area contributed by atoms with E-state index in [0.717, 1.165) is 12.2 Å². The van der Waals surface area contributed by atoms with E-state index < -0.39 is 5.82 Å². The lowest BCUT2D eigenvalue weighted by Gasteiger charge is -2.20. The lowest BCUT2D eigenvalue weighted by Crippen LogP contribution is -2.32. The van der Waals surface area contributed by atoms with Crippen LogP contribution in [0, 0.1) is 17.1 Å². The Labute approximate surface area is 138 Å². The number of benzene rings is 1. The maximum absolute atomic E-state index is 13.5. The quantitative estimate of drug-likeness (QED) is 0.933. The van der Waals surface area contributed by atoms with Gasteiger partial charge in [0.2, 0.25) is 0 Å². The van der Waals surface area contributed by atoms with E-state index in [-0.39, 0.29) is 22.7 Å². The molecule has 120 valence electrons. The molecule has 0 radical (unpaired) electrons. The zero-order chi connectivity index (χ0) is 16.4. The van der Waals surface area contributed by atoms with Crippen LogP contribution in [0.1, 0.15) is 29.5 Å². The average Bonchev–Trinajstić information content (AvgIpc) is 3.15. The number of hydrogen-bond donors (Lipinski definition) is 1. The van der Waals surface area contributed by atoms with Gasteiger partial charge in [-0.15, -0.1) is 0 Å². The SMILES string of the molecule is Cn1ccnc1[C@H]1OCC[C@@H]1NCc1ccc(F)c(C#N)c1Cl. The molecule has 23 heavy (non-hydrogen) atoms. The molecule has 2 atom stereocenters. The van der Waals surface area contributed by atoms with Gasteiger partial charge < -0.3 is 14.6 Å². The topological polar surface area (TPSA) is 62.9 Å². The Morgan fingerprint density at radius 2 is 2.39 bits per heavy atom. The van der Waals surface area contributed by atoms with E-state index >= 15 is 0 Å². The van der Waals surface area contributed by atoms with Gasteiger partial charge in [-0.1, -0.05) is 17.7 Å². The summed E-state index contributed by atoms with van der Waals surface area (Å²) < 4.78 is 21.2. The highest BCUT2D eigenvalue weighted by Crippen LogP contribution is 2.29. The van der Waals surface area contributed by atoms with E-state index in [9.17, 15) is 4.39 Å². The summed E-state index contributed by atoms with van der Waals surface area (Å²) in [6.07, 6.45) is 4.33. The van der Waals surface area contributed by atoms with Crippen LogP contribution in [0.4, 0.5) is 4.39 Å². The first kappa shape index (κ1) is 15.9. The van der Waals surface area contributed by atoms with Crippen LogP contribution >= 0.6 is 11.6 Å². The molecule has 7 heteroatoms. The molecule has 0 spiro atoms. The minimum absolute atomic E-state index is 0.0859. The zero-order valence-electron chi connectivity index (χ0n) is 12.6. The molecule has 5 nitrogen and oxygen atoms in total. The number of hydrogen-bond acceptors (Lipinski definition) is 4. The van der Waals surface area contributed by atoms with Gasteiger partial charge in [0.25, 0.3) is 0 Å². The molecule has 0 amide bonds. The van der Waals surface area contributed by atoms with Crippen LogP contribution in [0.5, 0.6) is 0 Å². The lowest BCUT2D eigenvalue weighted by atomic mass is 10.1. The minimum atomic E-state index is -0.601. The molecule has 0 aliphatic carbocycles. The number of ether oxygens (including phenoxy) is 1. The van der Waals surface area contributed by atoms with Gasteiger partial charge in [-0.25, -0.2) is 9.37 Å². The number of nitriles is 1. The van der Waals surface area contributed by atoms with E-state index in [4.69, 9.17) is 21.6 Å². The second-order valence-electron chi connectivity index (χ2n) is 5.47. The predicted molar refractivity (Wildman–Crippen MR) is 83.3 cm³/mol. The summed E-state index contributed by atoms with van der Waals surface area (Å²) in [6, 6.07) is 4.74. The Hall–Kier alpha value is -1.94. The molecule has 1 aliphatic heterocycles. The standard InChI is InChI=1S/C16H16ClFN4O/c1-22-6-5-20-16(22)15-13(4-7-23-15)21-9-10-2-3-12(18)11(8-19)14(10)17/h2-3,5-6,13,15,21H,4,7,9H2,1H3/t13-,15-/m0/s1. The fraction of sp³-hybridized carbons (Fsp3) is 0.375. The Morgan fingerprint density at radius 1 is 1.57 bits per heavy atom. The van der Waals surface area contributed by atoms with Gasteiger partial charge >= 0.3 is 0 Å². The summed E-state index contributed by atoms with van der Waals surface area (Å²) in [5, 5.41) is 12.5. The third-order valence-corrected chi connectivity index (χ3v) is 4.47. The third kappa shape index (κ3) is 3.08. The van der Waals surface area contributed by atoms with Gasteiger partial charge in [-0.05, 0) is 18.1 Å². The van der Waals surface area contributed by atoms with E-state index in [0.29, 0.717) is 18.7 Å². The van der Waals surface area contributed by atoms with E-state index in [1.807, 2.05) is 17.8 Å². The van der Waals surface area contributed by atoms with E-state index in [1.165, 1.54) is 6.07 Å². The third-order valence-electron chi connectivity index (χ3n) is 4.04. The summed E-state index contributed by atoms with van der Waals surface area (Å²) in [7, 11) is 1.93. The van der Waals surface area contributed by atoms with Crippen molar-refractivity contribution in [2.75, 3.05) is 6.61 Å². The second kappa shape index (κ2) is 6.67. The number of rotatable bonds is 4. The number of aryl methyl sites for hydroxylation is 1. The van der Waals surface area contributed by atoms with Crippen LogP contribution in [0.2, 0.25) is 5.02 Å². The van der Waals surface area contributed by atoms with Gasteiger partial charge in [-0.2, -0.15) is 5.26 Å². The molecule has 0 unspecified atom stereocenters. The van der Waals surface area contributed by atoms with Crippen molar-refractivity contribution in [3.63, 3.8) is 0 Å². The fourth-order valence-electron chi connectivity index (χ4n) is 2.78. The lowest BCUT2D eigenvalue weighted by molar-refractivity contribution is 0.0893. The Kier molecular flexibility index (Phi) is 4.62. The van der Waals surface area contributed by atoms with Gasteiger partial charge in [0.1, 0.15) is 29.4 Å². The fourth-order valence-corrected chi connectivity index (χ4v) is 3.04. The van der Waals surface area contributed by atoms with Crippen LogP contribution in [-0.2, 0) is 18.3 Å². The summed E-state index contributed by atoms with van der Waals surface area (Å²) in [5.74, 6) is 0.263. The van der Waals surface area contributed by atoms with Crippen molar-refractivity contribution in [2.24, 2.45) is 7.05 Å². The van der Waals surface area contributed by atoms with Crippen LogP contribution in [0.25, 0.3) is 0 Å².